The lowest BCUT2D eigenvalue weighted by molar-refractivity contribution is 1.24. The van der Waals surface area contributed by atoms with Crippen molar-refractivity contribution in [2.24, 2.45) is 0 Å². The SMILES string of the molecule is c1ccc(N(c2ccccc2)c2ccc(N(c3ccc(-c4csc5ccccc45)cc3)c3ccc(N(c4ccccc4)c4ccccc4)cc3)cc2)cc1. The smallest absolute Gasteiger partial charge is 0.0463 e. The van der Waals surface area contributed by atoms with Crippen LogP contribution >= 0.6 is 11.3 Å². The molecule has 0 atom stereocenters. The molecule has 4 heteroatoms. The average Bonchev–Trinajstić information content (AvgIpc) is 3.69. The highest BCUT2D eigenvalue weighted by atomic mass is 32.1. The van der Waals surface area contributed by atoms with E-state index in [1.807, 2.05) is 0 Å². The maximum absolute atomic E-state index is 2.34. The zero-order valence-corrected chi connectivity index (χ0v) is 30.4. The molecule has 0 fully saturated rings. The fourth-order valence-electron chi connectivity index (χ4n) is 7.14. The summed E-state index contributed by atoms with van der Waals surface area (Å²) in [7, 11) is 0. The molecule has 0 N–H and O–H groups in total. The van der Waals surface area contributed by atoms with E-state index in [0.717, 1.165) is 51.2 Å². The van der Waals surface area contributed by atoms with Gasteiger partial charge in [-0.05, 0) is 126 Å². The third-order valence-electron chi connectivity index (χ3n) is 9.71. The lowest BCUT2D eigenvalue weighted by atomic mass is 10.0. The van der Waals surface area contributed by atoms with Gasteiger partial charge in [-0.3, -0.25) is 0 Å². The Morgan fingerprint density at radius 2 is 0.537 bits per heavy atom. The number of para-hydroxylation sites is 4. The first kappa shape index (κ1) is 33.0. The Balaban J connectivity index is 1.12. The zero-order valence-electron chi connectivity index (χ0n) is 29.6. The lowest BCUT2D eigenvalue weighted by Gasteiger charge is -2.29. The van der Waals surface area contributed by atoms with Crippen molar-refractivity contribution in [3.63, 3.8) is 0 Å². The number of rotatable bonds is 10. The fraction of sp³-hybridized carbons (Fsp3) is 0. The Labute approximate surface area is 320 Å². The van der Waals surface area contributed by atoms with Gasteiger partial charge in [0.1, 0.15) is 0 Å². The van der Waals surface area contributed by atoms with Gasteiger partial charge in [-0.25, -0.2) is 0 Å². The van der Waals surface area contributed by atoms with Gasteiger partial charge in [-0.2, -0.15) is 0 Å². The number of hydrogen-bond donors (Lipinski definition) is 0. The minimum atomic E-state index is 1.07. The van der Waals surface area contributed by atoms with Crippen molar-refractivity contribution in [1.82, 2.24) is 0 Å². The van der Waals surface area contributed by atoms with Gasteiger partial charge in [0, 0.05) is 66.8 Å². The molecule has 0 unspecified atom stereocenters. The van der Waals surface area contributed by atoms with Crippen LogP contribution in [0.1, 0.15) is 0 Å². The summed E-state index contributed by atoms with van der Waals surface area (Å²) >= 11 is 1.80. The first-order chi connectivity index (χ1) is 26.8. The molecule has 9 rings (SSSR count). The van der Waals surface area contributed by atoms with Crippen molar-refractivity contribution in [3.05, 3.63) is 224 Å². The summed E-state index contributed by atoms with van der Waals surface area (Å²) < 4.78 is 1.30. The number of hydrogen-bond acceptors (Lipinski definition) is 4. The average molecular weight is 712 g/mol. The van der Waals surface area contributed by atoms with Crippen LogP contribution in [0.3, 0.4) is 0 Å². The van der Waals surface area contributed by atoms with Crippen LogP contribution in [0.15, 0.2) is 224 Å². The Hall–Kier alpha value is -6.88. The minimum absolute atomic E-state index is 1.07. The van der Waals surface area contributed by atoms with E-state index < -0.39 is 0 Å². The third kappa shape index (κ3) is 6.63. The summed E-state index contributed by atoms with van der Waals surface area (Å²) in [5, 5.41) is 3.56. The lowest BCUT2D eigenvalue weighted by Crippen LogP contribution is -2.13. The highest BCUT2D eigenvalue weighted by molar-refractivity contribution is 7.17. The molecule has 0 aliphatic heterocycles. The highest BCUT2D eigenvalue weighted by Crippen LogP contribution is 2.42. The number of nitrogens with zero attached hydrogens (tertiary/aromatic N) is 3. The molecule has 0 radical (unpaired) electrons. The van der Waals surface area contributed by atoms with Crippen molar-refractivity contribution in [3.8, 4) is 11.1 Å². The first-order valence-electron chi connectivity index (χ1n) is 18.2. The van der Waals surface area contributed by atoms with Gasteiger partial charge in [0.05, 0.1) is 0 Å². The molecule has 0 aliphatic rings. The Morgan fingerprint density at radius 3 is 0.889 bits per heavy atom. The zero-order chi connectivity index (χ0) is 36.1. The van der Waals surface area contributed by atoms with Crippen LogP contribution in [0.2, 0.25) is 0 Å². The van der Waals surface area contributed by atoms with Crippen LogP contribution in [0.4, 0.5) is 51.2 Å². The van der Waals surface area contributed by atoms with E-state index in [9.17, 15) is 0 Å². The molecule has 0 aliphatic carbocycles. The van der Waals surface area contributed by atoms with Gasteiger partial charge < -0.3 is 14.7 Å². The number of anilines is 9. The molecule has 258 valence electrons. The molecule has 3 nitrogen and oxygen atoms in total. The number of fused-ring (bicyclic) bond motifs is 1. The molecule has 0 saturated carbocycles. The Morgan fingerprint density at radius 1 is 0.259 bits per heavy atom. The maximum Gasteiger partial charge on any atom is 0.0463 e. The predicted molar refractivity (Wildman–Crippen MR) is 231 cm³/mol. The standard InChI is InChI=1S/C50H37N3S/c1-5-15-39(16-6-1)51(40-17-7-2-8-18-40)44-29-33-46(34-30-44)53(43-27-25-38(26-28-43)49-37-54-50-24-14-13-23-48(49)50)47-35-31-45(32-36-47)52(41-19-9-3-10-20-41)42-21-11-4-12-22-42/h1-37H. The Kier molecular flexibility index (Phi) is 9.16. The minimum Gasteiger partial charge on any atom is -0.311 e. The van der Waals surface area contributed by atoms with Crippen LogP contribution < -0.4 is 14.7 Å². The monoisotopic (exact) mass is 711 g/mol. The van der Waals surface area contributed by atoms with Crippen molar-refractivity contribution in [2.75, 3.05) is 14.7 Å². The topological polar surface area (TPSA) is 9.72 Å². The van der Waals surface area contributed by atoms with Crippen LogP contribution in [0.25, 0.3) is 21.2 Å². The molecule has 0 saturated heterocycles. The normalized spacial score (nSPS) is 11.0. The largest absolute Gasteiger partial charge is 0.311 e. The molecule has 54 heavy (non-hydrogen) atoms. The molecule has 8 aromatic carbocycles. The highest BCUT2D eigenvalue weighted by Gasteiger charge is 2.18. The summed E-state index contributed by atoms with van der Waals surface area (Å²) in [4.78, 5) is 6.93. The predicted octanol–water partition coefficient (Wildman–Crippen LogP) is 15.0. The molecule has 1 heterocycles. The van der Waals surface area contributed by atoms with Crippen LogP contribution in [0, 0.1) is 0 Å². The van der Waals surface area contributed by atoms with Gasteiger partial charge in [-0.15, -0.1) is 11.3 Å². The van der Waals surface area contributed by atoms with Gasteiger partial charge in [0.15, 0.2) is 0 Å². The van der Waals surface area contributed by atoms with Gasteiger partial charge in [0.25, 0.3) is 0 Å². The van der Waals surface area contributed by atoms with E-state index in [4.69, 9.17) is 0 Å². The van der Waals surface area contributed by atoms with E-state index in [2.05, 4.69) is 238 Å². The quantitative estimate of drug-likeness (QED) is 0.140. The molecular weight excluding hydrogens is 675 g/mol. The molecule has 0 bridgehead atoms. The summed E-state index contributed by atoms with van der Waals surface area (Å²) in [6.45, 7) is 0. The van der Waals surface area contributed by atoms with E-state index in [1.165, 1.54) is 21.2 Å². The second-order valence-electron chi connectivity index (χ2n) is 13.1. The second-order valence-corrected chi connectivity index (χ2v) is 14.0. The van der Waals surface area contributed by atoms with Crippen LogP contribution in [-0.2, 0) is 0 Å². The summed E-state index contributed by atoms with van der Waals surface area (Å²) in [5.74, 6) is 0. The summed E-state index contributed by atoms with van der Waals surface area (Å²) in [5.41, 5.74) is 12.3. The van der Waals surface area contributed by atoms with Gasteiger partial charge in [0.2, 0.25) is 0 Å². The van der Waals surface area contributed by atoms with Crippen LogP contribution in [-0.4, -0.2) is 0 Å². The Bertz CT molecular complexity index is 2360. The number of benzene rings is 8. The second kappa shape index (κ2) is 15.0. The van der Waals surface area contributed by atoms with Gasteiger partial charge >= 0.3 is 0 Å². The van der Waals surface area contributed by atoms with Crippen molar-refractivity contribution < 1.29 is 0 Å². The maximum atomic E-state index is 2.34. The van der Waals surface area contributed by atoms with E-state index in [1.54, 1.807) is 11.3 Å². The van der Waals surface area contributed by atoms with Crippen molar-refractivity contribution >= 4 is 72.6 Å². The fourth-order valence-corrected chi connectivity index (χ4v) is 8.11. The van der Waals surface area contributed by atoms with E-state index in [0.29, 0.717) is 0 Å². The molecule has 0 spiro atoms. The molecule has 9 aromatic rings. The number of thiophene rings is 1. The van der Waals surface area contributed by atoms with E-state index in [-0.39, 0.29) is 0 Å². The van der Waals surface area contributed by atoms with Crippen LogP contribution in [0.5, 0.6) is 0 Å². The molecule has 0 amide bonds. The summed E-state index contributed by atoms with van der Waals surface area (Å²) in [6, 6.07) is 77.6. The van der Waals surface area contributed by atoms with Crippen molar-refractivity contribution in [1.29, 1.82) is 0 Å². The molecular formula is C50H37N3S. The summed E-state index contributed by atoms with van der Waals surface area (Å²) in [6.07, 6.45) is 0. The third-order valence-corrected chi connectivity index (χ3v) is 10.7. The van der Waals surface area contributed by atoms with E-state index >= 15 is 0 Å². The van der Waals surface area contributed by atoms with Crippen molar-refractivity contribution in [2.45, 2.75) is 0 Å². The molecule has 1 aromatic heterocycles. The van der Waals surface area contributed by atoms with Gasteiger partial charge in [-0.1, -0.05) is 103 Å². The first-order valence-corrected chi connectivity index (χ1v) is 19.1.